The Hall–Kier alpha value is -1.73. The van der Waals surface area contributed by atoms with Crippen LogP contribution in [0.1, 0.15) is 18.7 Å². The lowest BCUT2D eigenvalue weighted by molar-refractivity contribution is 0.0409. The van der Waals surface area contributed by atoms with E-state index in [9.17, 15) is 0 Å². The molecule has 0 amide bonds. The summed E-state index contributed by atoms with van der Waals surface area (Å²) in [5.74, 6) is 1.78. The Morgan fingerprint density at radius 2 is 2.21 bits per heavy atom. The topological polar surface area (TPSA) is 92.0 Å². The van der Waals surface area contributed by atoms with Crippen LogP contribution in [0.2, 0.25) is 0 Å². The van der Waals surface area contributed by atoms with Crippen LogP contribution < -0.4 is 5.73 Å². The maximum Gasteiger partial charge on any atom is 0.238 e. The molecule has 7 heteroatoms. The van der Waals surface area contributed by atoms with Crippen molar-refractivity contribution in [3.8, 4) is 11.6 Å². The van der Waals surface area contributed by atoms with Crippen LogP contribution in [0.25, 0.3) is 11.6 Å². The number of aryl methyl sites for hydroxylation is 1. The minimum Gasteiger partial charge on any atom is -0.381 e. The molecule has 0 bridgehead atoms. The maximum absolute atomic E-state index is 5.92. The highest BCUT2D eigenvalue weighted by molar-refractivity contribution is 5.42. The molecular weight excluding hydrogens is 246 g/mol. The van der Waals surface area contributed by atoms with E-state index in [1.54, 1.807) is 6.20 Å². The second-order valence-corrected chi connectivity index (χ2v) is 4.88. The lowest BCUT2D eigenvalue weighted by Gasteiger charge is -2.32. The van der Waals surface area contributed by atoms with E-state index >= 15 is 0 Å². The Kier molecular flexibility index (Phi) is 3.08. The van der Waals surface area contributed by atoms with Crippen LogP contribution in [0.4, 0.5) is 0 Å². The normalized spacial score (nSPS) is 18.6. The standard InChI is InChI=1S/C12H17N5O2/c1-17-5-4-14-10(17)9-15-11(19-16-9)12(8-13)2-6-18-7-3-12/h4-5H,2-3,6-8,13H2,1H3. The summed E-state index contributed by atoms with van der Waals surface area (Å²) in [5, 5.41) is 4.02. The molecule has 0 radical (unpaired) electrons. The van der Waals surface area contributed by atoms with E-state index < -0.39 is 0 Å². The molecule has 3 heterocycles. The molecule has 2 N–H and O–H groups in total. The molecule has 0 spiro atoms. The van der Waals surface area contributed by atoms with E-state index in [2.05, 4.69) is 15.1 Å². The maximum atomic E-state index is 5.92. The van der Waals surface area contributed by atoms with Gasteiger partial charge in [0.25, 0.3) is 0 Å². The van der Waals surface area contributed by atoms with Gasteiger partial charge in [-0.2, -0.15) is 4.98 Å². The number of nitrogens with two attached hydrogens (primary N) is 1. The quantitative estimate of drug-likeness (QED) is 0.865. The molecule has 0 aliphatic carbocycles. The van der Waals surface area contributed by atoms with Gasteiger partial charge in [-0.1, -0.05) is 5.16 Å². The molecule has 0 atom stereocenters. The number of ether oxygens (including phenoxy) is 1. The lowest BCUT2D eigenvalue weighted by atomic mass is 9.80. The van der Waals surface area contributed by atoms with Crippen molar-refractivity contribution in [3.05, 3.63) is 18.3 Å². The Morgan fingerprint density at radius 1 is 1.42 bits per heavy atom. The summed E-state index contributed by atoms with van der Waals surface area (Å²) in [6.07, 6.45) is 5.18. The van der Waals surface area contributed by atoms with Crippen molar-refractivity contribution in [3.63, 3.8) is 0 Å². The third-order valence-corrected chi connectivity index (χ3v) is 3.74. The number of hydrogen-bond acceptors (Lipinski definition) is 6. The van der Waals surface area contributed by atoms with Gasteiger partial charge in [0.05, 0.1) is 5.41 Å². The van der Waals surface area contributed by atoms with E-state index in [1.165, 1.54) is 0 Å². The van der Waals surface area contributed by atoms with E-state index in [1.807, 2.05) is 17.8 Å². The van der Waals surface area contributed by atoms with Crippen LogP contribution in [-0.2, 0) is 17.2 Å². The van der Waals surface area contributed by atoms with Gasteiger partial charge in [-0.15, -0.1) is 0 Å². The fourth-order valence-electron chi connectivity index (χ4n) is 2.38. The Bertz CT molecular complexity index is 556. The van der Waals surface area contributed by atoms with Crippen LogP contribution in [0.5, 0.6) is 0 Å². The summed E-state index contributed by atoms with van der Waals surface area (Å²) in [5.41, 5.74) is 5.67. The minimum absolute atomic E-state index is 0.255. The number of aromatic nitrogens is 4. The number of imidazole rings is 1. The zero-order chi connectivity index (χ0) is 13.3. The molecule has 2 aromatic rings. The summed E-state index contributed by atoms with van der Waals surface area (Å²) in [7, 11) is 1.89. The predicted octanol–water partition coefficient (Wildman–Crippen LogP) is 0.477. The van der Waals surface area contributed by atoms with Gasteiger partial charge in [0.15, 0.2) is 5.82 Å². The molecule has 0 unspecified atom stereocenters. The first kappa shape index (κ1) is 12.3. The summed E-state index contributed by atoms with van der Waals surface area (Å²) < 4.78 is 12.7. The van der Waals surface area contributed by atoms with E-state index in [0.29, 0.717) is 37.3 Å². The van der Waals surface area contributed by atoms with Gasteiger partial charge >= 0.3 is 0 Å². The Balaban J connectivity index is 1.94. The van der Waals surface area contributed by atoms with Crippen molar-refractivity contribution in [1.82, 2.24) is 19.7 Å². The van der Waals surface area contributed by atoms with E-state index in [4.69, 9.17) is 15.0 Å². The smallest absolute Gasteiger partial charge is 0.238 e. The van der Waals surface area contributed by atoms with Gasteiger partial charge in [0.1, 0.15) is 0 Å². The number of nitrogens with zero attached hydrogens (tertiary/aromatic N) is 4. The van der Waals surface area contributed by atoms with Crippen molar-refractivity contribution in [2.24, 2.45) is 12.8 Å². The second kappa shape index (κ2) is 4.75. The molecule has 102 valence electrons. The van der Waals surface area contributed by atoms with Crippen LogP contribution in [-0.4, -0.2) is 39.5 Å². The first-order valence-electron chi connectivity index (χ1n) is 6.35. The predicted molar refractivity (Wildman–Crippen MR) is 67.3 cm³/mol. The van der Waals surface area contributed by atoms with Gasteiger partial charge in [-0.25, -0.2) is 4.98 Å². The molecular formula is C12H17N5O2. The van der Waals surface area contributed by atoms with Crippen molar-refractivity contribution in [2.45, 2.75) is 18.3 Å². The summed E-state index contributed by atoms with van der Waals surface area (Å²) in [6, 6.07) is 0. The average Bonchev–Trinajstić information content (AvgIpc) is 3.08. The fraction of sp³-hybridized carbons (Fsp3) is 0.583. The van der Waals surface area contributed by atoms with Crippen molar-refractivity contribution >= 4 is 0 Å². The highest BCUT2D eigenvalue weighted by Gasteiger charge is 2.38. The van der Waals surface area contributed by atoms with Gasteiger partial charge in [0.2, 0.25) is 11.7 Å². The summed E-state index contributed by atoms with van der Waals surface area (Å²) in [4.78, 5) is 8.70. The highest BCUT2D eigenvalue weighted by atomic mass is 16.5. The van der Waals surface area contributed by atoms with Gasteiger partial charge in [-0.3, -0.25) is 0 Å². The zero-order valence-corrected chi connectivity index (χ0v) is 10.9. The lowest BCUT2D eigenvalue weighted by Crippen LogP contribution is -2.40. The molecule has 1 fully saturated rings. The van der Waals surface area contributed by atoms with Gasteiger partial charge < -0.3 is 19.6 Å². The number of hydrogen-bond donors (Lipinski definition) is 1. The SMILES string of the molecule is Cn1ccnc1-c1noc(C2(CN)CCOCC2)n1. The molecule has 19 heavy (non-hydrogen) atoms. The molecule has 3 rings (SSSR count). The monoisotopic (exact) mass is 263 g/mol. The van der Waals surface area contributed by atoms with Crippen LogP contribution in [0, 0.1) is 0 Å². The zero-order valence-electron chi connectivity index (χ0n) is 10.9. The van der Waals surface area contributed by atoms with Gasteiger partial charge in [-0.05, 0) is 12.8 Å². The van der Waals surface area contributed by atoms with Crippen LogP contribution in [0.3, 0.4) is 0 Å². The van der Waals surface area contributed by atoms with Crippen LogP contribution >= 0.6 is 0 Å². The Morgan fingerprint density at radius 3 is 2.84 bits per heavy atom. The van der Waals surface area contributed by atoms with Crippen molar-refractivity contribution in [2.75, 3.05) is 19.8 Å². The third kappa shape index (κ3) is 2.04. The fourth-order valence-corrected chi connectivity index (χ4v) is 2.38. The largest absolute Gasteiger partial charge is 0.381 e. The van der Waals surface area contributed by atoms with E-state index in [0.717, 1.165) is 12.8 Å². The average molecular weight is 263 g/mol. The molecule has 0 saturated carbocycles. The summed E-state index contributed by atoms with van der Waals surface area (Å²) in [6.45, 7) is 1.84. The molecule has 1 saturated heterocycles. The minimum atomic E-state index is -0.255. The number of rotatable bonds is 3. The van der Waals surface area contributed by atoms with E-state index in [-0.39, 0.29) is 5.41 Å². The molecule has 7 nitrogen and oxygen atoms in total. The molecule has 2 aromatic heterocycles. The van der Waals surface area contributed by atoms with Gasteiger partial charge in [0, 0.05) is 39.2 Å². The molecule has 1 aliphatic heterocycles. The second-order valence-electron chi connectivity index (χ2n) is 4.88. The first-order chi connectivity index (χ1) is 9.25. The first-order valence-corrected chi connectivity index (χ1v) is 6.35. The Labute approximate surface area is 110 Å². The van der Waals surface area contributed by atoms with Crippen LogP contribution in [0.15, 0.2) is 16.9 Å². The van der Waals surface area contributed by atoms with Crippen molar-refractivity contribution in [1.29, 1.82) is 0 Å². The molecule has 1 aliphatic rings. The summed E-state index contributed by atoms with van der Waals surface area (Å²) >= 11 is 0. The van der Waals surface area contributed by atoms with Crippen molar-refractivity contribution < 1.29 is 9.26 Å². The highest BCUT2D eigenvalue weighted by Crippen LogP contribution is 2.33. The third-order valence-electron chi connectivity index (χ3n) is 3.74. The molecule has 0 aromatic carbocycles.